The topological polar surface area (TPSA) is 81.8 Å². The van der Waals surface area contributed by atoms with Crippen LogP contribution in [0.15, 0.2) is 18.2 Å². The third-order valence-electron chi connectivity index (χ3n) is 6.62. The molecule has 5 rings (SSSR count). The molecule has 0 spiro atoms. The maximum Gasteiger partial charge on any atom is 0.255 e. The van der Waals surface area contributed by atoms with Gasteiger partial charge in [0, 0.05) is 50.7 Å². The Labute approximate surface area is 164 Å². The molecule has 2 atom stereocenters. The highest BCUT2D eigenvalue weighted by atomic mass is 16.2. The Hall–Kier alpha value is -2.25. The first-order chi connectivity index (χ1) is 13.6. The third-order valence-corrected chi connectivity index (χ3v) is 6.62. The molecule has 148 valence electrons. The number of carbonyl (C=O) groups is 3. The number of amides is 3. The van der Waals surface area contributed by atoms with E-state index in [1.54, 1.807) is 4.90 Å². The van der Waals surface area contributed by atoms with E-state index in [4.69, 9.17) is 0 Å². The summed E-state index contributed by atoms with van der Waals surface area (Å²) in [5.41, 5.74) is 2.94. The molecular formula is C21H26N4O3. The van der Waals surface area contributed by atoms with Crippen LogP contribution >= 0.6 is 0 Å². The quantitative estimate of drug-likeness (QED) is 0.747. The molecule has 1 aromatic carbocycles. The third kappa shape index (κ3) is 3.12. The molecule has 1 aromatic rings. The average molecular weight is 382 g/mol. The maximum atomic E-state index is 13.0. The lowest BCUT2D eigenvalue weighted by molar-refractivity contribution is -0.136. The Morgan fingerprint density at radius 1 is 1.11 bits per heavy atom. The van der Waals surface area contributed by atoms with Crippen molar-refractivity contribution in [3.63, 3.8) is 0 Å². The molecule has 3 aliphatic heterocycles. The zero-order valence-electron chi connectivity index (χ0n) is 15.9. The smallest absolute Gasteiger partial charge is 0.255 e. The zero-order chi connectivity index (χ0) is 19.3. The summed E-state index contributed by atoms with van der Waals surface area (Å²) < 4.78 is 0. The molecule has 2 saturated heterocycles. The van der Waals surface area contributed by atoms with Gasteiger partial charge in [-0.3, -0.25) is 24.6 Å². The Morgan fingerprint density at radius 3 is 2.75 bits per heavy atom. The molecule has 7 nitrogen and oxygen atoms in total. The molecule has 3 heterocycles. The summed E-state index contributed by atoms with van der Waals surface area (Å²) in [6, 6.07) is 5.96. The minimum absolute atomic E-state index is 0.0922. The molecular weight excluding hydrogens is 356 g/mol. The van der Waals surface area contributed by atoms with Gasteiger partial charge in [0.05, 0.1) is 0 Å². The number of imide groups is 1. The molecule has 2 unspecified atom stereocenters. The van der Waals surface area contributed by atoms with E-state index in [0.29, 0.717) is 24.6 Å². The number of benzene rings is 1. The van der Waals surface area contributed by atoms with Gasteiger partial charge in [0.1, 0.15) is 6.04 Å². The predicted molar refractivity (Wildman–Crippen MR) is 102 cm³/mol. The van der Waals surface area contributed by atoms with Crippen LogP contribution in [-0.2, 0) is 22.7 Å². The molecule has 0 aromatic heterocycles. The van der Waals surface area contributed by atoms with Crippen molar-refractivity contribution in [2.45, 2.75) is 50.9 Å². The average Bonchev–Trinajstić information content (AvgIpc) is 3.47. The van der Waals surface area contributed by atoms with E-state index in [1.807, 2.05) is 12.1 Å². The second-order valence-corrected chi connectivity index (χ2v) is 8.42. The standard InChI is InChI=1S/C21H26N4O3/c26-19-7-6-17(20(27)23-19)25-12-16-14(2-1-3-15(16)21(25)28)11-24-9-8-22-10-18(24)13-4-5-13/h1-3,13,17-18,22H,4-12H2,(H,23,26,27). The molecule has 0 radical (unpaired) electrons. The lowest BCUT2D eigenvalue weighted by atomic mass is 10.0. The molecule has 1 saturated carbocycles. The highest BCUT2D eigenvalue weighted by Gasteiger charge is 2.41. The summed E-state index contributed by atoms with van der Waals surface area (Å²) >= 11 is 0. The Balaban J connectivity index is 1.37. The van der Waals surface area contributed by atoms with Crippen molar-refractivity contribution in [3.05, 3.63) is 34.9 Å². The van der Waals surface area contributed by atoms with Crippen LogP contribution in [0.4, 0.5) is 0 Å². The number of hydrogen-bond acceptors (Lipinski definition) is 5. The molecule has 7 heteroatoms. The van der Waals surface area contributed by atoms with Crippen molar-refractivity contribution in [3.8, 4) is 0 Å². The van der Waals surface area contributed by atoms with Gasteiger partial charge >= 0.3 is 0 Å². The van der Waals surface area contributed by atoms with Crippen LogP contribution in [0.3, 0.4) is 0 Å². The molecule has 3 fully saturated rings. The van der Waals surface area contributed by atoms with E-state index in [1.165, 1.54) is 18.4 Å². The number of nitrogens with zero attached hydrogens (tertiary/aromatic N) is 2. The van der Waals surface area contributed by atoms with E-state index in [9.17, 15) is 14.4 Å². The van der Waals surface area contributed by atoms with Crippen molar-refractivity contribution in [2.24, 2.45) is 5.92 Å². The first-order valence-corrected chi connectivity index (χ1v) is 10.3. The van der Waals surface area contributed by atoms with Crippen molar-refractivity contribution < 1.29 is 14.4 Å². The first kappa shape index (κ1) is 17.8. The van der Waals surface area contributed by atoms with Gasteiger partial charge in [0.2, 0.25) is 11.8 Å². The molecule has 4 aliphatic rings. The summed E-state index contributed by atoms with van der Waals surface area (Å²) in [5, 5.41) is 5.89. The van der Waals surface area contributed by atoms with Gasteiger partial charge in [-0.05, 0) is 42.4 Å². The van der Waals surface area contributed by atoms with Gasteiger partial charge in [-0.25, -0.2) is 0 Å². The Morgan fingerprint density at radius 2 is 1.96 bits per heavy atom. The van der Waals surface area contributed by atoms with Crippen molar-refractivity contribution in [2.75, 3.05) is 19.6 Å². The van der Waals surface area contributed by atoms with Gasteiger partial charge in [-0.2, -0.15) is 0 Å². The van der Waals surface area contributed by atoms with Crippen LogP contribution in [0.2, 0.25) is 0 Å². The van der Waals surface area contributed by atoms with Crippen LogP contribution in [0.1, 0.15) is 47.2 Å². The van der Waals surface area contributed by atoms with Crippen LogP contribution in [0, 0.1) is 5.92 Å². The van der Waals surface area contributed by atoms with Crippen LogP contribution in [0.25, 0.3) is 0 Å². The molecule has 1 aliphatic carbocycles. The summed E-state index contributed by atoms with van der Waals surface area (Å²) in [6.45, 7) is 4.37. The number of hydrogen-bond donors (Lipinski definition) is 2. The number of carbonyl (C=O) groups excluding carboxylic acids is 3. The van der Waals surface area contributed by atoms with Crippen molar-refractivity contribution in [1.82, 2.24) is 20.4 Å². The van der Waals surface area contributed by atoms with E-state index < -0.39 is 6.04 Å². The Kier molecular flexibility index (Phi) is 4.44. The number of rotatable bonds is 4. The highest BCUT2D eigenvalue weighted by Crippen LogP contribution is 2.37. The van der Waals surface area contributed by atoms with E-state index in [2.05, 4.69) is 21.6 Å². The first-order valence-electron chi connectivity index (χ1n) is 10.3. The second kappa shape index (κ2) is 6.97. The van der Waals surface area contributed by atoms with E-state index in [-0.39, 0.29) is 24.1 Å². The largest absolute Gasteiger partial charge is 0.322 e. The fraction of sp³-hybridized carbons (Fsp3) is 0.571. The van der Waals surface area contributed by atoms with E-state index in [0.717, 1.165) is 37.7 Å². The number of piperazine rings is 1. The summed E-state index contributed by atoms with van der Waals surface area (Å²) in [4.78, 5) is 40.9. The van der Waals surface area contributed by atoms with E-state index >= 15 is 0 Å². The minimum atomic E-state index is -0.552. The van der Waals surface area contributed by atoms with Crippen LogP contribution in [0.5, 0.6) is 0 Å². The minimum Gasteiger partial charge on any atom is -0.322 e. The van der Waals surface area contributed by atoms with Crippen LogP contribution < -0.4 is 10.6 Å². The van der Waals surface area contributed by atoms with Gasteiger partial charge in [-0.1, -0.05) is 12.1 Å². The van der Waals surface area contributed by atoms with Crippen molar-refractivity contribution >= 4 is 17.7 Å². The maximum absolute atomic E-state index is 13.0. The molecule has 3 amide bonds. The molecule has 2 N–H and O–H groups in total. The van der Waals surface area contributed by atoms with Crippen LogP contribution in [-0.4, -0.2) is 59.2 Å². The predicted octanol–water partition coefficient (Wildman–Crippen LogP) is 0.631. The van der Waals surface area contributed by atoms with Crippen molar-refractivity contribution in [1.29, 1.82) is 0 Å². The number of fused-ring (bicyclic) bond motifs is 1. The lowest BCUT2D eigenvalue weighted by Crippen LogP contribution is -2.52. The monoisotopic (exact) mass is 382 g/mol. The molecule has 0 bridgehead atoms. The summed E-state index contributed by atoms with van der Waals surface area (Å²) in [5.74, 6) is 0.0994. The summed E-state index contributed by atoms with van der Waals surface area (Å²) in [7, 11) is 0. The fourth-order valence-corrected chi connectivity index (χ4v) is 4.93. The zero-order valence-corrected chi connectivity index (χ0v) is 15.9. The van der Waals surface area contributed by atoms with Gasteiger partial charge < -0.3 is 10.2 Å². The fourth-order valence-electron chi connectivity index (χ4n) is 4.93. The second-order valence-electron chi connectivity index (χ2n) is 8.42. The lowest BCUT2D eigenvalue weighted by Gasteiger charge is -2.37. The number of piperidine rings is 1. The van der Waals surface area contributed by atoms with Gasteiger partial charge in [-0.15, -0.1) is 0 Å². The van der Waals surface area contributed by atoms with Gasteiger partial charge in [0.15, 0.2) is 0 Å². The molecule has 28 heavy (non-hydrogen) atoms. The normalized spacial score (nSPS) is 28.4. The Bertz CT molecular complexity index is 835. The van der Waals surface area contributed by atoms with Gasteiger partial charge in [0.25, 0.3) is 5.91 Å². The SMILES string of the molecule is O=C1CCC(N2Cc3c(CN4CCNCC4C4CC4)cccc3C2=O)C(=O)N1. The number of nitrogens with one attached hydrogen (secondary N) is 2. The highest BCUT2D eigenvalue weighted by molar-refractivity contribution is 6.05. The summed E-state index contributed by atoms with van der Waals surface area (Å²) in [6.07, 6.45) is 3.32.